The Labute approximate surface area is 184 Å². The van der Waals surface area contributed by atoms with Gasteiger partial charge in [-0.1, -0.05) is 29.5 Å². The maximum atomic E-state index is 12.4. The Hall–Kier alpha value is -3.20. The summed E-state index contributed by atoms with van der Waals surface area (Å²) in [6, 6.07) is 13.5. The summed E-state index contributed by atoms with van der Waals surface area (Å²) in [6.07, 6.45) is 3.54. The molecule has 0 aliphatic heterocycles. The van der Waals surface area contributed by atoms with Crippen molar-refractivity contribution in [3.8, 4) is 0 Å². The van der Waals surface area contributed by atoms with E-state index in [0.717, 1.165) is 59.4 Å². The minimum Gasteiger partial charge on any atom is -0.377 e. The average molecular weight is 440 g/mol. The third-order valence-electron chi connectivity index (χ3n) is 5.59. The number of nitro groups is 1. The van der Waals surface area contributed by atoms with Gasteiger partial charge in [0, 0.05) is 49.4 Å². The Kier molecular flexibility index (Phi) is 6.03. The second-order valence-corrected chi connectivity index (χ2v) is 9.06. The van der Waals surface area contributed by atoms with Crippen LogP contribution in [0.1, 0.15) is 35.4 Å². The fraction of sp³-hybridized carbons (Fsp3) is 0.364. The Bertz CT molecular complexity index is 1110. The number of rotatable bonds is 6. The van der Waals surface area contributed by atoms with Crippen molar-refractivity contribution in [3.63, 3.8) is 0 Å². The van der Waals surface area contributed by atoms with Crippen LogP contribution in [0.25, 0.3) is 10.9 Å². The lowest BCUT2D eigenvalue weighted by molar-refractivity contribution is -0.380. The fourth-order valence-corrected chi connectivity index (χ4v) is 4.72. The van der Waals surface area contributed by atoms with Gasteiger partial charge in [-0.15, -0.1) is 0 Å². The summed E-state index contributed by atoms with van der Waals surface area (Å²) in [4.78, 5) is 30.0. The van der Waals surface area contributed by atoms with Crippen molar-refractivity contribution in [3.05, 3.63) is 57.5 Å². The first-order chi connectivity index (χ1) is 14.9. The van der Waals surface area contributed by atoms with E-state index in [1.165, 1.54) is 12.1 Å². The van der Waals surface area contributed by atoms with Crippen molar-refractivity contribution in [2.75, 3.05) is 24.3 Å². The molecule has 1 amide bonds. The van der Waals surface area contributed by atoms with Crippen LogP contribution in [0.4, 0.5) is 16.5 Å². The Morgan fingerprint density at radius 1 is 1.13 bits per heavy atom. The van der Waals surface area contributed by atoms with Crippen LogP contribution in [0.3, 0.4) is 0 Å². The van der Waals surface area contributed by atoms with Crippen LogP contribution in [0.15, 0.2) is 42.5 Å². The van der Waals surface area contributed by atoms with Crippen LogP contribution < -0.4 is 15.5 Å². The number of para-hydroxylation sites is 1. The Morgan fingerprint density at radius 2 is 1.84 bits per heavy atom. The van der Waals surface area contributed by atoms with Crippen LogP contribution >= 0.6 is 11.3 Å². The zero-order chi connectivity index (χ0) is 22.0. The van der Waals surface area contributed by atoms with E-state index in [1.807, 2.05) is 32.3 Å². The summed E-state index contributed by atoms with van der Waals surface area (Å²) >= 11 is 0.909. The minimum absolute atomic E-state index is 0.0157. The fourth-order valence-electron chi connectivity index (χ4n) is 4.00. The largest absolute Gasteiger partial charge is 0.377 e. The van der Waals surface area contributed by atoms with Crippen molar-refractivity contribution in [1.82, 2.24) is 10.3 Å². The molecule has 0 saturated heterocycles. The van der Waals surface area contributed by atoms with Crippen molar-refractivity contribution in [2.24, 2.45) is 0 Å². The highest BCUT2D eigenvalue weighted by Crippen LogP contribution is 2.29. The van der Waals surface area contributed by atoms with Crippen molar-refractivity contribution < 1.29 is 9.72 Å². The molecule has 0 unspecified atom stereocenters. The number of aromatic nitrogens is 1. The number of benzene rings is 1. The molecule has 1 aliphatic rings. The highest BCUT2D eigenvalue weighted by molar-refractivity contribution is 7.17. The SMILES string of the molecule is CN(C)c1cc(N[C@H]2CC[C@@H](NC(=O)c3ccc([N+](=O)[O-])s3)CC2)nc2ccccc12. The molecule has 0 radical (unpaired) electrons. The standard InChI is InChI=1S/C22H25N5O3S/c1-26(2)18-13-20(25-17-6-4-3-5-16(17)18)23-14-7-9-15(10-8-14)24-22(28)19-11-12-21(31-19)27(29)30/h3-6,11-15H,7-10H2,1-2H3,(H,23,25)(H,24,28)/t14-,15+. The topological polar surface area (TPSA) is 100 Å². The number of nitrogens with one attached hydrogen (secondary N) is 2. The van der Waals surface area contributed by atoms with Crippen LogP contribution in [0.5, 0.6) is 0 Å². The van der Waals surface area contributed by atoms with E-state index in [4.69, 9.17) is 4.98 Å². The van der Waals surface area contributed by atoms with E-state index in [0.29, 0.717) is 10.9 Å². The highest BCUT2D eigenvalue weighted by atomic mass is 32.1. The van der Waals surface area contributed by atoms with Gasteiger partial charge in [-0.2, -0.15) is 0 Å². The second kappa shape index (κ2) is 8.89. The van der Waals surface area contributed by atoms with Crippen molar-refractivity contribution in [2.45, 2.75) is 37.8 Å². The third kappa shape index (κ3) is 4.77. The smallest absolute Gasteiger partial charge is 0.324 e. The molecule has 31 heavy (non-hydrogen) atoms. The summed E-state index contributed by atoms with van der Waals surface area (Å²) in [5.74, 6) is 0.627. The molecule has 0 atom stereocenters. The van der Waals surface area contributed by atoms with Gasteiger partial charge in [0.2, 0.25) is 0 Å². The number of pyridine rings is 1. The molecule has 1 saturated carbocycles. The third-order valence-corrected chi connectivity index (χ3v) is 6.62. The first-order valence-corrected chi connectivity index (χ1v) is 11.1. The average Bonchev–Trinajstić information content (AvgIpc) is 3.25. The van der Waals surface area contributed by atoms with Crippen molar-refractivity contribution in [1.29, 1.82) is 0 Å². The van der Waals surface area contributed by atoms with E-state index in [2.05, 4.69) is 27.7 Å². The maximum absolute atomic E-state index is 12.4. The first kappa shape index (κ1) is 21.0. The summed E-state index contributed by atoms with van der Waals surface area (Å²) in [6.45, 7) is 0. The number of hydrogen-bond donors (Lipinski definition) is 2. The predicted molar refractivity (Wildman–Crippen MR) is 124 cm³/mol. The zero-order valence-corrected chi connectivity index (χ0v) is 18.3. The predicted octanol–water partition coefficient (Wildman–Crippen LogP) is 4.42. The van der Waals surface area contributed by atoms with Crippen LogP contribution in [0, 0.1) is 10.1 Å². The molecule has 2 N–H and O–H groups in total. The molecule has 3 aromatic rings. The monoisotopic (exact) mass is 439 g/mol. The first-order valence-electron chi connectivity index (χ1n) is 10.3. The molecular weight excluding hydrogens is 414 g/mol. The molecule has 1 aliphatic carbocycles. The van der Waals surface area contributed by atoms with Gasteiger partial charge >= 0.3 is 5.00 Å². The maximum Gasteiger partial charge on any atom is 0.324 e. The number of hydrogen-bond acceptors (Lipinski definition) is 7. The summed E-state index contributed by atoms with van der Waals surface area (Å²) in [7, 11) is 4.06. The van der Waals surface area contributed by atoms with Crippen LogP contribution in [-0.4, -0.2) is 42.0 Å². The number of carbonyl (C=O) groups excluding carboxylic acids is 1. The number of carbonyl (C=O) groups is 1. The van der Waals surface area contributed by atoms with Crippen LogP contribution in [-0.2, 0) is 0 Å². The molecule has 0 bridgehead atoms. The lowest BCUT2D eigenvalue weighted by atomic mass is 9.91. The van der Waals surface area contributed by atoms with Gasteiger partial charge in [-0.25, -0.2) is 4.98 Å². The van der Waals surface area contributed by atoms with E-state index in [-0.39, 0.29) is 17.0 Å². The van der Waals surface area contributed by atoms with Gasteiger partial charge in [0.15, 0.2) is 0 Å². The zero-order valence-electron chi connectivity index (χ0n) is 17.5. The Morgan fingerprint density at radius 3 is 2.52 bits per heavy atom. The number of fused-ring (bicyclic) bond motifs is 1. The van der Waals surface area contributed by atoms with Crippen molar-refractivity contribution >= 4 is 44.7 Å². The molecule has 4 rings (SSSR count). The second-order valence-electron chi connectivity index (χ2n) is 8.00. The normalized spacial score (nSPS) is 18.5. The number of thiophene rings is 1. The lowest BCUT2D eigenvalue weighted by Gasteiger charge is -2.30. The minimum atomic E-state index is -0.471. The van der Waals surface area contributed by atoms with Gasteiger partial charge < -0.3 is 15.5 Å². The molecule has 2 aromatic heterocycles. The summed E-state index contributed by atoms with van der Waals surface area (Å²) < 4.78 is 0. The van der Waals surface area contributed by atoms with E-state index in [1.54, 1.807) is 0 Å². The highest BCUT2D eigenvalue weighted by Gasteiger charge is 2.24. The van der Waals surface area contributed by atoms with Gasteiger partial charge in [0.05, 0.1) is 15.3 Å². The van der Waals surface area contributed by atoms with E-state index < -0.39 is 4.92 Å². The molecule has 2 heterocycles. The Balaban J connectivity index is 1.36. The lowest BCUT2D eigenvalue weighted by Crippen LogP contribution is -2.40. The molecule has 0 spiro atoms. The number of amides is 1. The molecule has 1 fully saturated rings. The quantitative estimate of drug-likeness (QED) is 0.435. The molecule has 1 aromatic carbocycles. The molecule has 162 valence electrons. The van der Waals surface area contributed by atoms with Gasteiger partial charge in [0.25, 0.3) is 5.91 Å². The van der Waals surface area contributed by atoms with E-state index >= 15 is 0 Å². The number of anilines is 2. The summed E-state index contributed by atoms with van der Waals surface area (Å²) in [5, 5.41) is 18.5. The van der Waals surface area contributed by atoms with Gasteiger partial charge in [-0.3, -0.25) is 14.9 Å². The van der Waals surface area contributed by atoms with E-state index in [9.17, 15) is 14.9 Å². The molecular formula is C22H25N5O3S. The van der Waals surface area contributed by atoms with Crippen LogP contribution in [0.2, 0.25) is 0 Å². The molecule has 9 heteroatoms. The molecule has 8 nitrogen and oxygen atoms in total. The number of nitrogens with zero attached hydrogens (tertiary/aromatic N) is 3. The van der Waals surface area contributed by atoms with Gasteiger partial charge in [-0.05, 0) is 37.8 Å². The summed E-state index contributed by atoms with van der Waals surface area (Å²) in [5.41, 5.74) is 2.08. The van der Waals surface area contributed by atoms with Gasteiger partial charge in [0.1, 0.15) is 5.82 Å².